The van der Waals surface area contributed by atoms with Crippen molar-refractivity contribution in [2.75, 3.05) is 18.9 Å². The van der Waals surface area contributed by atoms with Gasteiger partial charge in [0.1, 0.15) is 5.76 Å². The minimum Gasteiger partial charge on any atom is -0.488 e. The van der Waals surface area contributed by atoms with Gasteiger partial charge in [-0.25, -0.2) is 9.98 Å². The van der Waals surface area contributed by atoms with E-state index >= 15 is 0 Å². The maximum Gasteiger partial charge on any atom is 0.422 e. The third kappa shape index (κ3) is 4.33. The molecule has 0 aromatic rings. The number of aliphatic imine (C=N–C) groups is 3. The predicted octanol–water partition coefficient (Wildman–Crippen LogP) is 2.96. The fourth-order valence-corrected chi connectivity index (χ4v) is 3.39. The molecule has 0 saturated heterocycles. The van der Waals surface area contributed by atoms with Gasteiger partial charge in [-0.1, -0.05) is 6.08 Å². The summed E-state index contributed by atoms with van der Waals surface area (Å²) in [5.74, 6) is 0.586. The van der Waals surface area contributed by atoms with Crippen LogP contribution in [0.4, 0.5) is 13.2 Å². The minimum atomic E-state index is -4.41. The summed E-state index contributed by atoms with van der Waals surface area (Å²) in [6, 6.07) is 0. The summed E-state index contributed by atoms with van der Waals surface area (Å²) in [7, 11) is -1.55. The molecule has 0 N–H and O–H groups in total. The standard InChI is InChI=1S/C16H14F3N3O2S.H2/c1-10-13(20-7-6-14(10)24-9-16(17,18)19)8-25(23)15-21-11-4-2-3-5-12(11)22-15;/h2-6H,7-9H2,1H3;1H. The van der Waals surface area contributed by atoms with Gasteiger partial charge in [0.05, 0.1) is 40.4 Å². The lowest BCUT2D eigenvalue weighted by Gasteiger charge is -2.22. The van der Waals surface area contributed by atoms with Crippen molar-refractivity contribution in [3.63, 3.8) is 0 Å². The van der Waals surface area contributed by atoms with Crippen LogP contribution in [0.3, 0.4) is 0 Å². The zero-order chi connectivity index (χ0) is 18.0. The van der Waals surface area contributed by atoms with E-state index in [0.29, 0.717) is 23.0 Å². The lowest BCUT2D eigenvalue weighted by molar-refractivity contribution is -0.164. The van der Waals surface area contributed by atoms with Crippen molar-refractivity contribution >= 4 is 27.4 Å². The fourth-order valence-electron chi connectivity index (χ4n) is 2.31. The lowest BCUT2D eigenvalue weighted by Crippen LogP contribution is -2.27. The van der Waals surface area contributed by atoms with E-state index in [1.54, 1.807) is 19.1 Å². The van der Waals surface area contributed by atoms with Crippen LogP contribution < -0.4 is 0 Å². The Hall–Kier alpha value is -2.03. The molecule has 9 heteroatoms. The highest BCUT2D eigenvalue weighted by atomic mass is 32.2. The molecule has 1 aliphatic carbocycles. The van der Waals surface area contributed by atoms with E-state index in [1.165, 1.54) is 6.08 Å². The highest BCUT2D eigenvalue weighted by molar-refractivity contribution is 8.01. The van der Waals surface area contributed by atoms with E-state index in [9.17, 15) is 17.4 Å². The molecule has 0 spiro atoms. The minimum absolute atomic E-state index is 0. The Morgan fingerprint density at radius 2 is 2.16 bits per heavy atom. The van der Waals surface area contributed by atoms with Crippen LogP contribution in [0.5, 0.6) is 0 Å². The molecule has 2 aliphatic heterocycles. The van der Waals surface area contributed by atoms with Crippen LogP contribution in [-0.4, -0.2) is 45.9 Å². The zero-order valence-corrected chi connectivity index (χ0v) is 14.0. The average molecular weight is 371 g/mol. The number of alkyl halides is 3. The number of dihydropyridines is 1. The number of amidine groups is 1. The van der Waals surface area contributed by atoms with E-state index in [2.05, 4.69) is 15.0 Å². The molecule has 25 heavy (non-hydrogen) atoms. The molecule has 0 amide bonds. The van der Waals surface area contributed by atoms with Crippen molar-refractivity contribution in [2.24, 2.45) is 15.0 Å². The van der Waals surface area contributed by atoms with Gasteiger partial charge in [-0.3, -0.25) is 9.20 Å². The lowest BCUT2D eigenvalue weighted by atomic mass is 10.0. The number of hydrogen-bond donors (Lipinski definition) is 0. The van der Waals surface area contributed by atoms with Crippen molar-refractivity contribution in [1.29, 1.82) is 0 Å². The summed E-state index contributed by atoms with van der Waals surface area (Å²) in [4.78, 5) is 12.7. The zero-order valence-electron chi connectivity index (χ0n) is 13.2. The summed E-state index contributed by atoms with van der Waals surface area (Å²) < 4.78 is 54.2. The van der Waals surface area contributed by atoms with Gasteiger partial charge in [0.15, 0.2) is 6.61 Å². The van der Waals surface area contributed by atoms with Gasteiger partial charge in [0.25, 0.3) is 0 Å². The van der Waals surface area contributed by atoms with Gasteiger partial charge in [-0.2, -0.15) is 13.2 Å². The first-order valence-electron chi connectivity index (χ1n) is 7.38. The largest absolute Gasteiger partial charge is 0.488 e. The van der Waals surface area contributed by atoms with Crippen LogP contribution in [-0.2, 0) is 15.5 Å². The molecule has 5 nitrogen and oxygen atoms in total. The second kappa shape index (κ2) is 7.07. The van der Waals surface area contributed by atoms with Crippen molar-refractivity contribution in [2.45, 2.75) is 13.1 Å². The second-order valence-electron chi connectivity index (χ2n) is 5.37. The number of hydrogen-bond acceptors (Lipinski definition) is 5. The molecule has 2 heterocycles. The van der Waals surface area contributed by atoms with Crippen molar-refractivity contribution in [3.05, 3.63) is 48.1 Å². The summed E-state index contributed by atoms with van der Waals surface area (Å²) in [5, 5.41) is 0.184. The molecule has 3 aliphatic rings. The molecule has 0 aromatic heterocycles. The molecule has 134 valence electrons. The number of rotatable bonds is 4. The Labute approximate surface area is 146 Å². The monoisotopic (exact) mass is 371 g/mol. The Morgan fingerprint density at radius 1 is 1.36 bits per heavy atom. The van der Waals surface area contributed by atoms with Gasteiger partial charge < -0.3 is 4.74 Å². The topological polar surface area (TPSA) is 63.4 Å². The molecular formula is C16H16F3N3O2S. The summed E-state index contributed by atoms with van der Waals surface area (Å²) in [5.41, 5.74) is 1.73. The third-order valence-electron chi connectivity index (χ3n) is 3.54. The first-order chi connectivity index (χ1) is 11.8. The summed E-state index contributed by atoms with van der Waals surface area (Å²) >= 11 is 0. The molecule has 1 atom stereocenters. The highest BCUT2D eigenvalue weighted by Crippen LogP contribution is 2.25. The SMILES string of the molecule is C[C]1C(OCC(F)(F)F)=CCN=C1CS(=O)C1=NC2=C[CH]C=CC2=N1.[HH]. The number of fused-ring (bicyclic) bond motifs is 1. The van der Waals surface area contributed by atoms with Crippen LogP contribution in [0.2, 0.25) is 0 Å². The average Bonchev–Trinajstić information content (AvgIpc) is 2.99. The smallest absolute Gasteiger partial charge is 0.422 e. The Kier molecular flexibility index (Phi) is 5.03. The predicted molar refractivity (Wildman–Crippen MR) is 92.8 cm³/mol. The van der Waals surface area contributed by atoms with Crippen molar-refractivity contribution in [1.82, 2.24) is 0 Å². The number of nitrogens with zero attached hydrogens (tertiary/aromatic N) is 3. The molecule has 0 fully saturated rings. The molecule has 0 bridgehead atoms. The first-order valence-corrected chi connectivity index (χ1v) is 8.70. The molecule has 1 unspecified atom stereocenters. The highest BCUT2D eigenvalue weighted by Gasteiger charge is 2.32. The van der Waals surface area contributed by atoms with Gasteiger partial charge in [-0.05, 0) is 25.2 Å². The van der Waals surface area contributed by atoms with Crippen LogP contribution in [0.25, 0.3) is 0 Å². The van der Waals surface area contributed by atoms with E-state index in [1.807, 2.05) is 12.5 Å². The van der Waals surface area contributed by atoms with E-state index in [0.717, 1.165) is 0 Å². The van der Waals surface area contributed by atoms with E-state index < -0.39 is 23.6 Å². The van der Waals surface area contributed by atoms with Crippen molar-refractivity contribution in [3.8, 4) is 0 Å². The maximum absolute atomic E-state index is 12.5. The Balaban J connectivity index is 0.00000243. The van der Waals surface area contributed by atoms with Crippen LogP contribution >= 0.6 is 0 Å². The number of allylic oxidation sites excluding steroid dienone is 4. The van der Waals surface area contributed by atoms with Crippen molar-refractivity contribution < 1.29 is 23.5 Å². The van der Waals surface area contributed by atoms with E-state index in [4.69, 9.17) is 4.74 Å². The molecule has 3 rings (SSSR count). The second-order valence-corrected chi connectivity index (χ2v) is 6.71. The molecule has 0 aromatic carbocycles. The normalized spacial score (nSPS) is 21.7. The van der Waals surface area contributed by atoms with Gasteiger partial charge in [0.2, 0.25) is 5.17 Å². The van der Waals surface area contributed by atoms with Gasteiger partial charge in [-0.15, -0.1) is 0 Å². The van der Waals surface area contributed by atoms with Crippen LogP contribution in [0.1, 0.15) is 8.35 Å². The quantitative estimate of drug-likeness (QED) is 0.763. The third-order valence-corrected chi connectivity index (χ3v) is 4.66. The molecular weight excluding hydrogens is 355 g/mol. The fraction of sp³-hybridized carbons (Fsp3) is 0.312. The van der Waals surface area contributed by atoms with Crippen LogP contribution in [0, 0.1) is 12.3 Å². The Bertz CT molecular complexity index is 782. The maximum atomic E-state index is 12.5. The van der Waals surface area contributed by atoms with Crippen LogP contribution in [0.15, 0.2) is 50.7 Å². The molecule has 0 saturated carbocycles. The summed E-state index contributed by atoms with van der Waals surface area (Å²) in [6.45, 7) is 0.407. The number of ether oxygens (including phenoxy) is 1. The Morgan fingerprint density at radius 3 is 2.88 bits per heavy atom. The van der Waals surface area contributed by atoms with Gasteiger partial charge >= 0.3 is 6.18 Å². The number of halogens is 3. The first kappa shape index (κ1) is 17.8. The summed E-state index contributed by atoms with van der Waals surface area (Å²) in [6.07, 6.45) is 4.21. The van der Waals surface area contributed by atoms with Gasteiger partial charge in [0, 0.05) is 13.6 Å². The van der Waals surface area contributed by atoms with E-state index in [-0.39, 0.29) is 24.7 Å². The molecule has 2 radical (unpaired) electrons.